The second-order valence-corrected chi connectivity index (χ2v) is 3.77. The van der Waals surface area contributed by atoms with E-state index >= 15 is 0 Å². The Morgan fingerprint density at radius 3 is 2.47 bits per heavy atom. The number of alkyl halides is 1. The number of aromatic nitrogens is 1. The van der Waals surface area contributed by atoms with E-state index in [1.165, 1.54) is 12.1 Å². The number of pyridine rings is 1. The Kier molecular flexibility index (Phi) is 3.59. The molecule has 1 aromatic heterocycles. The van der Waals surface area contributed by atoms with Crippen molar-refractivity contribution in [2.75, 3.05) is 7.11 Å². The van der Waals surface area contributed by atoms with E-state index < -0.39 is 0 Å². The molecule has 0 saturated heterocycles. The van der Waals surface area contributed by atoms with E-state index in [9.17, 15) is 4.39 Å². The van der Waals surface area contributed by atoms with Gasteiger partial charge in [-0.15, -0.1) is 11.6 Å². The summed E-state index contributed by atoms with van der Waals surface area (Å²) in [4.78, 5) is 4.26. The molecule has 0 amide bonds. The molecule has 0 bridgehead atoms. The first kappa shape index (κ1) is 11.9. The lowest BCUT2D eigenvalue weighted by Gasteiger charge is -2.08. The summed E-state index contributed by atoms with van der Waals surface area (Å²) in [5.74, 6) is 0.563. The van der Waals surface area contributed by atoms with Crippen LogP contribution in [0.2, 0.25) is 0 Å². The fourth-order valence-corrected chi connectivity index (χ4v) is 1.71. The number of rotatable bonds is 3. The topological polar surface area (TPSA) is 22.1 Å². The maximum atomic E-state index is 12.8. The third-order valence-corrected chi connectivity index (χ3v) is 2.68. The fourth-order valence-electron chi connectivity index (χ4n) is 1.56. The highest BCUT2D eigenvalue weighted by Gasteiger charge is 2.08. The van der Waals surface area contributed by atoms with Crippen molar-refractivity contribution in [1.82, 2.24) is 4.98 Å². The van der Waals surface area contributed by atoms with Crippen LogP contribution in [0.1, 0.15) is 5.69 Å². The molecule has 0 N–H and O–H groups in total. The molecule has 2 aromatic rings. The lowest BCUT2D eigenvalue weighted by Crippen LogP contribution is -1.95. The highest BCUT2D eigenvalue weighted by atomic mass is 35.5. The Bertz CT molecular complexity index is 513. The predicted molar refractivity (Wildman–Crippen MR) is 65.7 cm³/mol. The second kappa shape index (κ2) is 5.15. The summed E-state index contributed by atoms with van der Waals surface area (Å²) in [7, 11) is 1.55. The molecule has 1 heterocycles. The quantitative estimate of drug-likeness (QED) is 0.777. The third kappa shape index (κ3) is 2.56. The molecule has 0 aliphatic rings. The van der Waals surface area contributed by atoms with Gasteiger partial charge in [-0.25, -0.2) is 9.37 Å². The van der Waals surface area contributed by atoms with E-state index in [1.54, 1.807) is 19.2 Å². The number of ether oxygens (including phenoxy) is 1. The summed E-state index contributed by atoms with van der Waals surface area (Å²) >= 11 is 5.71. The average molecular weight is 252 g/mol. The van der Waals surface area contributed by atoms with E-state index in [2.05, 4.69) is 4.98 Å². The number of nitrogens with zero attached hydrogens (tertiary/aromatic N) is 1. The van der Waals surface area contributed by atoms with Gasteiger partial charge < -0.3 is 4.74 Å². The molecule has 0 saturated carbocycles. The first-order chi connectivity index (χ1) is 8.24. The molecular formula is C13H11ClFNO. The van der Waals surface area contributed by atoms with Crippen molar-refractivity contribution in [2.45, 2.75) is 5.88 Å². The van der Waals surface area contributed by atoms with E-state index in [0.717, 1.165) is 16.8 Å². The van der Waals surface area contributed by atoms with Gasteiger partial charge in [0.05, 0.1) is 18.7 Å². The third-order valence-electron chi connectivity index (χ3n) is 2.40. The second-order valence-electron chi connectivity index (χ2n) is 3.50. The van der Waals surface area contributed by atoms with E-state index in [1.807, 2.05) is 12.1 Å². The van der Waals surface area contributed by atoms with Gasteiger partial charge in [0.25, 0.3) is 0 Å². The largest absolute Gasteiger partial charge is 0.481 e. The Hall–Kier alpha value is -1.61. The van der Waals surface area contributed by atoms with Crippen molar-refractivity contribution in [3.05, 3.63) is 47.9 Å². The van der Waals surface area contributed by atoms with Gasteiger partial charge in [-0.3, -0.25) is 0 Å². The lowest BCUT2D eigenvalue weighted by molar-refractivity contribution is 0.398. The predicted octanol–water partition coefficient (Wildman–Crippen LogP) is 3.64. The van der Waals surface area contributed by atoms with Crippen molar-refractivity contribution in [1.29, 1.82) is 0 Å². The Labute approximate surface area is 104 Å². The van der Waals surface area contributed by atoms with Crippen LogP contribution in [0.3, 0.4) is 0 Å². The highest BCUT2D eigenvalue weighted by molar-refractivity contribution is 6.16. The average Bonchev–Trinajstić information content (AvgIpc) is 2.39. The van der Waals surface area contributed by atoms with Crippen LogP contribution in [0.5, 0.6) is 5.88 Å². The number of benzene rings is 1. The molecule has 2 rings (SSSR count). The van der Waals surface area contributed by atoms with Crippen molar-refractivity contribution < 1.29 is 9.13 Å². The highest BCUT2D eigenvalue weighted by Crippen LogP contribution is 2.28. The van der Waals surface area contributed by atoms with Crippen LogP contribution < -0.4 is 4.74 Å². The van der Waals surface area contributed by atoms with E-state index in [0.29, 0.717) is 11.8 Å². The maximum Gasteiger partial charge on any atom is 0.221 e. The number of hydrogen-bond donors (Lipinski definition) is 0. The van der Waals surface area contributed by atoms with Gasteiger partial charge in [0.2, 0.25) is 5.88 Å². The van der Waals surface area contributed by atoms with E-state index in [4.69, 9.17) is 16.3 Å². The first-order valence-electron chi connectivity index (χ1n) is 5.10. The van der Waals surface area contributed by atoms with Crippen LogP contribution >= 0.6 is 11.6 Å². The zero-order valence-electron chi connectivity index (χ0n) is 9.28. The normalized spacial score (nSPS) is 10.3. The summed E-state index contributed by atoms with van der Waals surface area (Å²) in [6.45, 7) is 0. The zero-order valence-corrected chi connectivity index (χ0v) is 10.0. The monoisotopic (exact) mass is 251 g/mol. The van der Waals surface area contributed by atoms with Crippen LogP contribution in [-0.4, -0.2) is 12.1 Å². The van der Waals surface area contributed by atoms with Gasteiger partial charge in [0, 0.05) is 5.56 Å². The van der Waals surface area contributed by atoms with Crippen LogP contribution in [0, 0.1) is 5.82 Å². The molecule has 0 aliphatic heterocycles. The maximum absolute atomic E-state index is 12.8. The van der Waals surface area contributed by atoms with Crippen molar-refractivity contribution in [2.24, 2.45) is 0 Å². The molecule has 2 nitrogen and oxygen atoms in total. The van der Waals surface area contributed by atoms with Gasteiger partial charge in [-0.2, -0.15) is 0 Å². The summed E-state index contributed by atoms with van der Waals surface area (Å²) in [6.07, 6.45) is 0. The SMILES string of the molecule is COc1nc(CCl)ccc1-c1ccc(F)cc1. The minimum absolute atomic E-state index is 0.266. The van der Waals surface area contributed by atoms with Crippen LogP contribution in [0.4, 0.5) is 4.39 Å². The summed E-state index contributed by atoms with van der Waals surface area (Å²) in [5.41, 5.74) is 2.42. The van der Waals surface area contributed by atoms with Gasteiger partial charge in [0.15, 0.2) is 0 Å². The number of halogens is 2. The van der Waals surface area contributed by atoms with Gasteiger partial charge >= 0.3 is 0 Å². The smallest absolute Gasteiger partial charge is 0.221 e. The molecule has 0 fully saturated rings. The standard InChI is InChI=1S/C13H11ClFNO/c1-17-13-12(7-6-11(8-14)16-13)9-2-4-10(15)5-3-9/h2-7H,8H2,1H3. The first-order valence-corrected chi connectivity index (χ1v) is 5.64. The Balaban J connectivity index is 2.47. The van der Waals surface area contributed by atoms with Gasteiger partial charge in [-0.05, 0) is 29.8 Å². The molecule has 4 heteroatoms. The van der Waals surface area contributed by atoms with Crippen LogP contribution in [0.25, 0.3) is 11.1 Å². The van der Waals surface area contributed by atoms with Crippen LogP contribution in [0.15, 0.2) is 36.4 Å². The molecular weight excluding hydrogens is 241 g/mol. The number of hydrogen-bond acceptors (Lipinski definition) is 2. The molecule has 17 heavy (non-hydrogen) atoms. The molecule has 0 radical (unpaired) electrons. The molecule has 0 atom stereocenters. The van der Waals surface area contributed by atoms with Gasteiger partial charge in [-0.1, -0.05) is 12.1 Å². The molecule has 88 valence electrons. The molecule has 0 aliphatic carbocycles. The Morgan fingerprint density at radius 2 is 1.88 bits per heavy atom. The zero-order chi connectivity index (χ0) is 12.3. The van der Waals surface area contributed by atoms with Gasteiger partial charge in [0.1, 0.15) is 5.82 Å². The number of methoxy groups -OCH3 is 1. The summed E-state index contributed by atoms with van der Waals surface area (Å²) in [5, 5.41) is 0. The Morgan fingerprint density at radius 1 is 1.18 bits per heavy atom. The van der Waals surface area contributed by atoms with Crippen molar-refractivity contribution >= 4 is 11.6 Å². The molecule has 1 aromatic carbocycles. The van der Waals surface area contributed by atoms with Crippen molar-refractivity contribution in [3.63, 3.8) is 0 Å². The van der Waals surface area contributed by atoms with E-state index in [-0.39, 0.29) is 5.82 Å². The molecule has 0 unspecified atom stereocenters. The summed E-state index contributed by atoms with van der Waals surface area (Å²) in [6, 6.07) is 9.89. The minimum atomic E-state index is -0.266. The van der Waals surface area contributed by atoms with Crippen LogP contribution in [-0.2, 0) is 5.88 Å². The lowest BCUT2D eigenvalue weighted by atomic mass is 10.1. The molecule has 0 spiro atoms. The minimum Gasteiger partial charge on any atom is -0.481 e. The fraction of sp³-hybridized carbons (Fsp3) is 0.154. The summed E-state index contributed by atoms with van der Waals surface area (Å²) < 4.78 is 18.0. The van der Waals surface area contributed by atoms with Crippen molar-refractivity contribution in [3.8, 4) is 17.0 Å².